The number of hydrogen-bond donors (Lipinski definition) is 0. The van der Waals surface area contributed by atoms with Gasteiger partial charge in [0, 0.05) is 25.2 Å². The Bertz CT molecular complexity index is 339. The van der Waals surface area contributed by atoms with E-state index in [4.69, 9.17) is 18.9 Å². The zero-order valence-electron chi connectivity index (χ0n) is 19.0. The van der Waals surface area contributed by atoms with Crippen molar-refractivity contribution in [1.82, 2.24) is 0 Å². The van der Waals surface area contributed by atoms with Gasteiger partial charge in [0.25, 0.3) is 5.97 Å². The molecule has 0 amide bonds. The average molecular weight is 387 g/mol. The van der Waals surface area contributed by atoms with Gasteiger partial charge in [0.1, 0.15) is 0 Å². The third-order valence-corrected chi connectivity index (χ3v) is 5.05. The molecule has 0 saturated carbocycles. The third-order valence-electron chi connectivity index (χ3n) is 5.05. The van der Waals surface area contributed by atoms with Crippen molar-refractivity contribution in [2.24, 2.45) is 5.41 Å². The summed E-state index contributed by atoms with van der Waals surface area (Å²) in [6, 6.07) is 0. The summed E-state index contributed by atoms with van der Waals surface area (Å²) in [5.74, 6) is -0.977. The van der Waals surface area contributed by atoms with E-state index in [0.717, 1.165) is 19.3 Å². The minimum absolute atomic E-state index is 0.209. The maximum Gasteiger partial charge on any atom is 0.288 e. The van der Waals surface area contributed by atoms with Crippen LogP contribution in [0.5, 0.6) is 0 Å². The molecule has 0 spiro atoms. The summed E-state index contributed by atoms with van der Waals surface area (Å²) in [4.78, 5) is 0. The Hall–Kier alpha value is -0.580. The van der Waals surface area contributed by atoms with Crippen molar-refractivity contribution in [2.75, 3.05) is 26.4 Å². The summed E-state index contributed by atoms with van der Waals surface area (Å²) in [5, 5.41) is 0. The molecule has 1 unspecified atom stereocenters. The van der Waals surface area contributed by atoms with Crippen LogP contribution in [0.1, 0.15) is 99.3 Å². The van der Waals surface area contributed by atoms with Gasteiger partial charge in [0.05, 0.1) is 12.9 Å². The standard InChI is InChI=1S/C23H46O4/c1-7-12-13-14-15-16-18-22(6,19-17-21-24-20-8-2)23(25-9-3,26-10-4)27-11-5/h8,20H,7,9-19,21H2,1-6H3. The lowest BCUT2D eigenvalue weighted by Gasteiger charge is -2.47. The largest absolute Gasteiger partial charge is 0.502 e. The van der Waals surface area contributed by atoms with Crippen LogP contribution in [-0.4, -0.2) is 32.4 Å². The van der Waals surface area contributed by atoms with Crippen LogP contribution in [0, 0.1) is 5.41 Å². The second-order valence-corrected chi connectivity index (χ2v) is 7.38. The molecule has 0 rings (SSSR count). The van der Waals surface area contributed by atoms with E-state index in [0.29, 0.717) is 26.4 Å². The molecule has 0 aromatic carbocycles. The molecular formula is C23H46O4. The Morgan fingerprint density at radius 3 is 1.74 bits per heavy atom. The van der Waals surface area contributed by atoms with Crippen LogP contribution in [0.25, 0.3) is 0 Å². The summed E-state index contributed by atoms with van der Waals surface area (Å²) in [5.41, 5.74) is -0.209. The summed E-state index contributed by atoms with van der Waals surface area (Å²) >= 11 is 0. The monoisotopic (exact) mass is 386 g/mol. The lowest BCUT2D eigenvalue weighted by atomic mass is 9.77. The fraction of sp³-hybridized carbons (Fsp3) is 0.913. The van der Waals surface area contributed by atoms with Crippen molar-refractivity contribution in [3.63, 3.8) is 0 Å². The van der Waals surface area contributed by atoms with Gasteiger partial charge in [-0.25, -0.2) is 0 Å². The van der Waals surface area contributed by atoms with E-state index >= 15 is 0 Å². The van der Waals surface area contributed by atoms with Crippen LogP contribution in [0.3, 0.4) is 0 Å². The first-order valence-corrected chi connectivity index (χ1v) is 11.2. The van der Waals surface area contributed by atoms with Crippen LogP contribution in [0.2, 0.25) is 0 Å². The Morgan fingerprint density at radius 1 is 0.704 bits per heavy atom. The Kier molecular flexibility index (Phi) is 16.0. The molecule has 0 radical (unpaired) electrons. The van der Waals surface area contributed by atoms with Crippen LogP contribution in [-0.2, 0) is 18.9 Å². The van der Waals surface area contributed by atoms with E-state index in [1.165, 1.54) is 38.5 Å². The lowest BCUT2D eigenvalue weighted by molar-refractivity contribution is -0.427. The minimum atomic E-state index is -0.977. The van der Waals surface area contributed by atoms with Crippen LogP contribution >= 0.6 is 0 Å². The molecule has 0 fully saturated rings. The molecule has 0 aromatic heterocycles. The predicted molar refractivity (Wildman–Crippen MR) is 114 cm³/mol. The van der Waals surface area contributed by atoms with Gasteiger partial charge in [-0.05, 0) is 47.0 Å². The number of unbranched alkanes of at least 4 members (excludes halogenated alkanes) is 5. The molecule has 0 aliphatic rings. The highest BCUT2D eigenvalue weighted by molar-refractivity contribution is 4.86. The maximum absolute atomic E-state index is 6.15. The van der Waals surface area contributed by atoms with E-state index in [2.05, 4.69) is 13.8 Å². The van der Waals surface area contributed by atoms with E-state index < -0.39 is 5.97 Å². The van der Waals surface area contributed by atoms with Gasteiger partial charge in [-0.1, -0.05) is 58.4 Å². The molecule has 0 aromatic rings. The zero-order valence-corrected chi connectivity index (χ0v) is 19.0. The van der Waals surface area contributed by atoms with Crippen molar-refractivity contribution in [3.05, 3.63) is 12.3 Å². The SMILES string of the molecule is CC=COCCCC(C)(CCCCCCCC)C(OCC)(OCC)OCC. The van der Waals surface area contributed by atoms with Crippen molar-refractivity contribution in [3.8, 4) is 0 Å². The number of hydrogen-bond acceptors (Lipinski definition) is 4. The summed E-state index contributed by atoms with van der Waals surface area (Å²) in [7, 11) is 0. The van der Waals surface area contributed by atoms with Crippen LogP contribution in [0.15, 0.2) is 12.3 Å². The normalized spacial score (nSPS) is 14.6. The minimum Gasteiger partial charge on any atom is -0.502 e. The Labute approximate surface area is 169 Å². The third kappa shape index (κ3) is 9.96. The van der Waals surface area contributed by atoms with Crippen molar-refractivity contribution < 1.29 is 18.9 Å². The van der Waals surface area contributed by atoms with Gasteiger partial charge in [0.2, 0.25) is 0 Å². The zero-order chi connectivity index (χ0) is 20.4. The van der Waals surface area contributed by atoms with Gasteiger partial charge in [-0.3, -0.25) is 0 Å². The van der Waals surface area contributed by atoms with Gasteiger partial charge in [-0.15, -0.1) is 0 Å². The molecule has 27 heavy (non-hydrogen) atoms. The van der Waals surface area contributed by atoms with Crippen LogP contribution in [0.4, 0.5) is 0 Å². The van der Waals surface area contributed by atoms with E-state index in [-0.39, 0.29) is 5.41 Å². The smallest absolute Gasteiger partial charge is 0.288 e. The fourth-order valence-corrected chi connectivity index (χ4v) is 3.65. The molecule has 0 N–H and O–H groups in total. The topological polar surface area (TPSA) is 36.9 Å². The summed E-state index contributed by atoms with van der Waals surface area (Å²) < 4.78 is 24.0. The molecule has 1 atom stereocenters. The lowest BCUT2D eigenvalue weighted by Crippen LogP contribution is -2.53. The maximum atomic E-state index is 6.15. The average Bonchev–Trinajstić information content (AvgIpc) is 2.65. The highest BCUT2D eigenvalue weighted by Gasteiger charge is 2.51. The van der Waals surface area contributed by atoms with Crippen LogP contribution < -0.4 is 0 Å². The molecule has 0 heterocycles. The molecule has 4 heteroatoms. The predicted octanol–water partition coefficient (Wildman–Crippen LogP) is 6.84. The Balaban J connectivity index is 5.10. The van der Waals surface area contributed by atoms with Gasteiger partial charge >= 0.3 is 0 Å². The highest BCUT2D eigenvalue weighted by atomic mass is 16.9. The van der Waals surface area contributed by atoms with Crippen molar-refractivity contribution >= 4 is 0 Å². The first-order chi connectivity index (χ1) is 13.1. The molecule has 0 aliphatic heterocycles. The first-order valence-electron chi connectivity index (χ1n) is 11.2. The number of ether oxygens (including phenoxy) is 4. The first kappa shape index (κ1) is 26.4. The van der Waals surface area contributed by atoms with E-state index in [1.54, 1.807) is 6.26 Å². The molecule has 0 saturated heterocycles. The molecular weight excluding hydrogens is 340 g/mol. The van der Waals surface area contributed by atoms with E-state index in [9.17, 15) is 0 Å². The molecule has 0 bridgehead atoms. The second-order valence-electron chi connectivity index (χ2n) is 7.38. The molecule has 4 nitrogen and oxygen atoms in total. The number of rotatable bonds is 19. The summed E-state index contributed by atoms with van der Waals surface area (Å²) in [6.45, 7) is 14.9. The van der Waals surface area contributed by atoms with E-state index in [1.807, 2.05) is 33.8 Å². The van der Waals surface area contributed by atoms with Crippen molar-refractivity contribution in [1.29, 1.82) is 0 Å². The summed E-state index contributed by atoms with van der Waals surface area (Å²) in [6.07, 6.45) is 14.3. The van der Waals surface area contributed by atoms with Gasteiger partial charge < -0.3 is 18.9 Å². The highest BCUT2D eigenvalue weighted by Crippen LogP contribution is 2.45. The molecule has 162 valence electrons. The second kappa shape index (κ2) is 16.4. The molecule has 0 aliphatic carbocycles. The van der Waals surface area contributed by atoms with Crippen molar-refractivity contribution in [2.45, 2.75) is 105 Å². The Morgan fingerprint density at radius 2 is 1.22 bits per heavy atom. The quantitative estimate of drug-likeness (QED) is 0.138. The fourth-order valence-electron chi connectivity index (χ4n) is 3.65. The van der Waals surface area contributed by atoms with Gasteiger partial charge in [0.15, 0.2) is 0 Å². The number of allylic oxidation sites excluding steroid dienone is 1. The van der Waals surface area contributed by atoms with Gasteiger partial charge in [-0.2, -0.15) is 0 Å².